The number of piperidine rings is 3. The van der Waals surface area contributed by atoms with Crippen LogP contribution in [0.2, 0.25) is 10.0 Å². The van der Waals surface area contributed by atoms with Crippen molar-refractivity contribution in [3.05, 3.63) is 117 Å². The summed E-state index contributed by atoms with van der Waals surface area (Å²) in [7, 11) is 3.08. The lowest BCUT2D eigenvalue weighted by atomic mass is 9.86. The fourth-order valence-corrected chi connectivity index (χ4v) is 6.90. The van der Waals surface area contributed by atoms with E-state index in [0.717, 1.165) is 38.0 Å². The molecule has 0 spiro atoms. The van der Waals surface area contributed by atoms with Gasteiger partial charge in [-0.1, -0.05) is 65.7 Å². The molecule has 0 saturated carbocycles. The van der Waals surface area contributed by atoms with Crippen LogP contribution in [-0.4, -0.2) is 61.8 Å². The second-order valence-corrected chi connectivity index (χ2v) is 12.8. The molecule has 7 rings (SSSR count). The molecule has 0 amide bonds. The van der Waals surface area contributed by atoms with Crippen molar-refractivity contribution in [2.45, 2.75) is 37.5 Å². The normalized spacial score (nSPS) is 19.5. The highest BCUT2D eigenvalue weighted by Crippen LogP contribution is 2.36. The average molecular weight is 691 g/mol. The first kappa shape index (κ1) is 33.6. The van der Waals surface area contributed by atoms with Crippen LogP contribution in [0.25, 0.3) is 0 Å². The summed E-state index contributed by atoms with van der Waals surface area (Å²) in [6.07, 6.45) is 4.32. The van der Waals surface area contributed by atoms with Crippen molar-refractivity contribution in [1.29, 1.82) is 0 Å². The van der Waals surface area contributed by atoms with Crippen LogP contribution in [0.15, 0.2) is 85.2 Å². The van der Waals surface area contributed by atoms with E-state index in [-0.39, 0.29) is 24.1 Å². The number of ether oxygens (including phenoxy) is 4. The van der Waals surface area contributed by atoms with Gasteiger partial charge in [-0.15, -0.1) is 0 Å². The van der Waals surface area contributed by atoms with E-state index >= 15 is 0 Å². The second-order valence-electron chi connectivity index (χ2n) is 12.0. The van der Waals surface area contributed by atoms with E-state index in [4.69, 9.17) is 42.1 Å². The lowest BCUT2D eigenvalue weighted by Crippen LogP contribution is -2.52. The Balaban J connectivity index is 1.24. The molecule has 1 unspecified atom stereocenters. The summed E-state index contributed by atoms with van der Waals surface area (Å²) in [5.41, 5.74) is 2.85. The van der Waals surface area contributed by atoms with Crippen LogP contribution in [0.3, 0.4) is 0 Å². The summed E-state index contributed by atoms with van der Waals surface area (Å²) in [6, 6.07) is 20.8. The number of halogens is 2. The van der Waals surface area contributed by atoms with Crippen molar-refractivity contribution in [2.24, 2.45) is 5.92 Å². The molecule has 11 heteroatoms. The number of hydrogen-bond acceptors (Lipinski definition) is 9. The van der Waals surface area contributed by atoms with Gasteiger partial charge in [0.05, 0.1) is 29.8 Å². The standard InChI is InChI=1S/C37H37Cl2N3O6/c1-45-31-12-11-25(18-33(31)46-2)32(19-28-29(38)20-40-21-30(28)39)47-36(43)26-9-6-10-27(17-26)41-35(24-7-4-3-5-8-24)37(44)48-34-22-42-15-13-23(34)14-16-42/h3-12,17-18,20-21,23,32,34-35,41H,13-16,19,22H2,1-2H3/t32-,34-,35?/m0/s1. The minimum Gasteiger partial charge on any atom is -0.493 e. The zero-order valence-electron chi connectivity index (χ0n) is 26.7. The largest absolute Gasteiger partial charge is 0.493 e. The van der Waals surface area contributed by atoms with Gasteiger partial charge in [-0.25, -0.2) is 9.59 Å². The maximum Gasteiger partial charge on any atom is 0.338 e. The highest BCUT2D eigenvalue weighted by Gasteiger charge is 2.38. The molecule has 2 bridgehead atoms. The van der Waals surface area contributed by atoms with E-state index in [1.165, 1.54) is 19.5 Å². The van der Waals surface area contributed by atoms with Crippen LogP contribution < -0.4 is 14.8 Å². The zero-order chi connectivity index (χ0) is 33.6. The monoisotopic (exact) mass is 689 g/mol. The molecular formula is C37H37Cl2N3O6. The number of anilines is 1. The number of methoxy groups -OCH3 is 2. The average Bonchev–Trinajstić information content (AvgIpc) is 3.12. The van der Waals surface area contributed by atoms with Crippen LogP contribution in [0, 0.1) is 5.92 Å². The molecule has 3 fully saturated rings. The summed E-state index contributed by atoms with van der Waals surface area (Å²) in [4.78, 5) is 33.9. The third-order valence-electron chi connectivity index (χ3n) is 9.01. The minimum absolute atomic E-state index is 0.134. The van der Waals surface area contributed by atoms with Crippen molar-refractivity contribution in [3.8, 4) is 11.5 Å². The van der Waals surface area contributed by atoms with Gasteiger partial charge in [-0.2, -0.15) is 0 Å². The van der Waals surface area contributed by atoms with Crippen molar-refractivity contribution in [1.82, 2.24) is 9.88 Å². The fraction of sp³-hybridized carbons (Fsp3) is 0.324. The number of aromatic nitrogens is 1. The van der Waals surface area contributed by atoms with Crippen LogP contribution in [-0.2, 0) is 20.7 Å². The Kier molecular flexibility index (Phi) is 10.7. The number of rotatable bonds is 12. The number of fused-ring (bicyclic) bond motifs is 3. The first-order valence-electron chi connectivity index (χ1n) is 15.9. The van der Waals surface area contributed by atoms with Gasteiger partial charge in [0, 0.05) is 31.0 Å². The third-order valence-corrected chi connectivity index (χ3v) is 9.66. The van der Waals surface area contributed by atoms with Crippen molar-refractivity contribution in [2.75, 3.05) is 39.2 Å². The molecule has 48 heavy (non-hydrogen) atoms. The molecule has 1 N–H and O–H groups in total. The quantitative estimate of drug-likeness (QED) is 0.153. The Bertz CT molecular complexity index is 1730. The van der Waals surface area contributed by atoms with Crippen LogP contribution in [0.1, 0.15) is 52.0 Å². The van der Waals surface area contributed by atoms with E-state index in [0.29, 0.717) is 44.3 Å². The van der Waals surface area contributed by atoms with Crippen molar-refractivity contribution in [3.63, 3.8) is 0 Å². The lowest BCUT2D eigenvalue weighted by Gasteiger charge is -2.44. The van der Waals surface area contributed by atoms with Gasteiger partial charge in [-0.05, 0) is 78.9 Å². The van der Waals surface area contributed by atoms with E-state index in [1.54, 1.807) is 49.6 Å². The summed E-state index contributed by atoms with van der Waals surface area (Å²) in [6.45, 7) is 2.87. The van der Waals surface area contributed by atoms with Crippen molar-refractivity contribution >= 4 is 40.8 Å². The number of pyridine rings is 1. The van der Waals surface area contributed by atoms with Crippen LogP contribution in [0.4, 0.5) is 5.69 Å². The van der Waals surface area contributed by atoms with Gasteiger partial charge in [0.25, 0.3) is 0 Å². The molecule has 1 aromatic heterocycles. The molecule has 3 aliphatic rings. The molecule has 4 aromatic rings. The number of nitrogens with one attached hydrogen (secondary N) is 1. The molecule has 0 aliphatic carbocycles. The van der Waals surface area contributed by atoms with E-state index in [2.05, 4.69) is 15.2 Å². The Morgan fingerprint density at radius 2 is 1.62 bits per heavy atom. The minimum atomic E-state index is -0.792. The second kappa shape index (κ2) is 15.3. The molecule has 3 atom stereocenters. The number of esters is 2. The van der Waals surface area contributed by atoms with Gasteiger partial charge in [0.1, 0.15) is 12.2 Å². The highest BCUT2D eigenvalue weighted by molar-refractivity contribution is 6.35. The lowest BCUT2D eigenvalue weighted by molar-refractivity contribution is -0.159. The molecule has 9 nitrogen and oxygen atoms in total. The Morgan fingerprint density at radius 1 is 0.896 bits per heavy atom. The van der Waals surface area contributed by atoms with Crippen LogP contribution >= 0.6 is 23.2 Å². The van der Waals surface area contributed by atoms with Gasteiger partial charge in [0.2, 0.25) is 0 Å². The summed E-state index contributed by atoms with van der Waals surface area (Å²) < 4.78 is 23.2. The molecular weight excluding hydrogens is 653 g/mol. The number of nitrogens with zero attached hydrogens (tertiary/aromatic N) is 2. The molecule has 250 valence electrons. The first-order valence-corrected chi connectivity index (χ1v) is 16.6. The topological polar surface area (TPSA) is 99.2 Å². The maximum atomic E-state index is 13.8. The predicted molar refractivity (Wildman–Crippen MR) is 184 cm³/mol. The van der Waals surface area contributed by atoms with E-state index in [1.807, 2.05) is 30.3 Å². The Hall–Kier alpha value is -4.31. The smallest absolute Gasteiger partial charge is 0.338 e. The molecule has 3 saturated heterocycles. The molecule has 3 aromatic carbocycles. The highest BCUT2D eigenvalue weighted by atomic mass is 35.5. The third kappa shape index (κ3) is 7.70. The fourth-order valence-electron chi connectivity index (χ4n) is 6.38. The van der Waals surface area contributed by atoms with E-state index in [9.17, 15) is 9.59 Å². The first-order chi connectivity index (χ1) is 23.3. The Morgan fingerprint density at radius 3 is 2.29 bits per heavy atom. The SMILES string of the molecule is COc1ccc([C@H](Cc2c(Cl)cncc2Cl)OC(=O)c2cccc(NC(C(=O)O[C@H]3CN4CCC3CC4)c3ccccc3)c2)cc1OC. The maximum absolute atomic E-state index is 13.8. The number of benzene rings is 3. The van der Waals surface area contributed by atoms with Gasteiger partial charge < -0.3 is 24.3 Å². The molecule has 0 radical (unpaired) electrons. The predicted octanol–water partition coefficient (Wildman–Crippen LogP) is 7.34. The molecule has 4 heterocycles. The molecule has 3 aliphatic heterocycles. The van der Waals surface area contributed by atoms with Crippen molar-refractivity contribution < 1.29 is 28.5 Å². The number of carbonyl (C=O) groups is 2. The van der Waals surface area contributed by atoms with Crippen LogP contribution in [0.5, 0.6) is 11.5 Å². The summed E-state index contributed by atoms with van der Waals surface area (Å²) >= 11 is 12.9. The Labute approximate surface area is 290 Å². The summed E-state index contributed by atoms with van der Waals surface area (Å²) in [5, 5.41) is 4.03. The zero-order valence-corrected chi connectivity index (χ0v) is 28.2. The number of hydrogen-bond donors (Lipinski definition) is 1. The number of carbonyl (C=O) groups excluding carboxylic acids is 2. The van der Waals surface area contributed by atoms with Gasteiger partial charge >= 0.3 is 11.9 Å². The van der Waals surface area contributed by atoms with Gasteiger partial charge in [-0.3, -0.25) is 9.88 Å². The van der Waals surface area contributed by atoms with Gasteiger partial charge in [0.15, 0.2) is 17.5 Å². The summed E-state index contributed by atoms with van der Waals surface area (Å²) in [5.74, 6) is 0.457. The van der Waals surface area contributed by atoms with E-state index < -0.39 is 18.1 Å².